The molecule has 4 rings (SSSR count). The third-order valence-electron chi connectivity index (χ3n) is 3.66. The van der Waals surface area contributed by atoms with Gasteiger partial charge in [-0.05, 0) is 18.2 Å². The van der Waals surface area contributed by atoms with Gasteiger partial charge >= 0.3 is 0 Å². The first-order chi connectivity index (χ1) is 10.3. The number of rotatable bonds is 1. The van der Waals surface area contributed by atoms with E-state index >= 15 is 0 Å². The van der Waals surface area contributed by atoms with Crippen molar-refractivity contribution in [3.8, 4) is 17.0 Å². The molecule has 0 atom stereocenters. The Labute approximate surface area is 131 Å². The largest absolute Gasteiger partial charge is 0.487 e. The fourth-order valence-electron chi connectivity index (χ4n) is 2.56. The zero-order chi connectivity index (χ0) is 14.2. The smallest absolute Gasteiger partial charge is 0.130 e. The highest BCUT2D eigenvalue weighted by atomic mass is 79.9. The fourth-order valence-corrected chi connectivity index (χ4v) is 2.91. The first kappa shape index (κ1) is 12.7. The van der Waals surface area contributed by atoms with E-state index in [0.29, 0.717) is 6.61 Å². The van der Waals surface area contributed by atoms with Gasteiger partial charge in [0.1, 0.15) is 12.4 Å². The lowest BCUT2D eigenvalue weighted by Crippen LogP contribution is -2.03. The minimum atomic E-state index is 0.545. The highest BCUT2D eigenvalue weighted by Gasteiger charge is 2.17. The summed E-state index contributed by atoms with van der Waals surface area (Å²) >= 11 is 3.48. The molecule has 0 fully saturated rings. The maximum Gasteiger partial charge on any atom is 0.130 e. The minimum Gasteiger partial charge on any atom is -0.487 e. The number of hydrogen-bond acceptors (Lipinski definition) is 2. The van der Waals surface area contributed by atoms with Crippen LogP contribution < -0.4 is 4.74 Å². The van der Waals surface area contributed by atoms with Crippen LogP contribution in [0.1, 0.15) is 11.3 Å². The lowest BCUT2D eigenvalue weighted by atomic mass is 10.1. The van der Waals surface area contributed by atoms with E-state index in [-0.39, 0.29) is 0 Å². The summed E-state index contributed by atoms with van der Waals surface area (Å²) in [5.74, 6) is 0.927. The Bertz CT molecular complexity index is 796. The van der Waals surface area contributed by atoms with Crippen molar-refractivity contribution in [2.45, 2.75) is 13.2 Å². The van der Waals surface area contributed by atoms with Crippen molar-refractivity contribution in [1.82, 2.24) is 9.78 Å². The van der Waals surface area contributed by atoms with Crippen molar-refractivity contribution >= 4 is 15.9 Å². The molecule has 2 aromatic carbocycles. The Balaban J connectivity index is 1.74. The van der Waals surface area contributed by atoms with E-state index in [0.717, 1.165) is 39.3 Å². The Kier molecular flexibility index (Phi) is 3.04. The lowest BCUT2D eigenvalue weighted by molar-refractivity contribution is 0.301. The number of ether oxygens (including phenoxy) is 1. The van der Waals surface area contributed by atoms with Crippen LogP contribution in [0.3, 0.4) is 0 Å². The summed E-state index contributed by atoms with van der Waals surface area (Å²) in [7, 11) is 0. The highest BCUT2D eigenvalue weighted by Crippen LogP contribution is 2.29. The molecule has 2 heterocycles. The zero-order valence-corrected chi connectivity index (χ0v) is 12.9. The molecular formula is C17H13BrN2O. The van der Waals surface area contributed by atoms with Gasteiger partial charge < -0.3 is 4.74 Å². The van der Waals surface area contributed by atoms with Crippen LogP contribution in [0.2, 0.25) is 0 Å². The summed E-state index contributed by atoms with van der Waals surface area (Å²) in [5, 5.41) is 4.73. The predicted molar refractivity (Wildman–Crippen MR) is 85.2 cm³/mol. The van der Waals surface area contributed by atoms with Gasteiger partial charge in [0.15, 0.2) is 0 Å². The number of benzene rings is 2. The molecule has 3 aromatic rings. The minimum absolute atomic E-state index is 0.545. The summed E-state index contributed by atoms with van der Waals surface area (Å²) in [4.78, 5) is 0. The van der Waals surface area contributed by atoms with E-state index < -0.39 is 0 Å². The third kappa shape index (κ3) is 2.36. The molecule has 1 aromatic heterocycles. The first-order valence-electron chi connectivity index (χ1n) is 6.83. The SMILES string of the molecule is Brc1ccc2c(c1)OCc1cc(-c3ccccc3)nn1C2. The average Bonchev–Trinajstić information content (AvgIpc) is 2.84. The quantitative estimate of drug-likeness (QED) is 0.662. The molecule has 0 saturated heterocycles. The molecule has 104 valence electrons. The zero-order valence-electron chi connectivity index (χ0n) is 11.3. The van der Waals surface area contributed by atoms with Gasteiger partial charge in [0, 0.05) is 15.6 Å². The molecule has 1 aliphatic rings. The molecule has 21 heavy (non-hydrogen) atoms. The van der Waals surface area contributed by atoms with Gasteiger partial charge in [-0.25, -0.2) is 0 Å². The van der Waals surface area contributed by atoms with Crippen LogP contribution in [0.5, 0.6) is 5.75 Å². The molecule has 0 N–H and O–H groups in total. The van der Waals surface area contributed by atoms with Crippen molar-refractivity contribution in [2.75, 3.05) is 0 Å². The van der Waals surface area contributed by atoms with Gasteiger partial charge in [-0.2, -0.15) is 5.10 Å². The average molecular weight is 341 g/mol. The fraction of sp³-hybridized carbons (Fsp3) is 0.118. The summed E-state index contributed by atoms with van der Waals surface area (Å²) in [5.41, 5.74) is 4.38. The van der Waals surface area contributed by atoms with Gasteiger partial charge in [0.2, 0.25) is 0 Å². The second-order valence-corrected chi connectivity index (χ2v) is 6.00. The molecule has 0 spiro atoms. The van der Waals surface area contributed by atoms with Crippen LogP contribution in [-0.2, 0) is 13.2 Å². The van der Waals surface area contributed by atoms with Gasteiger partial charge in [0.05, 0.1) is 17.9 Å². The van der Waals surface area contributed by atoms with Crippen molar-refractivity contribution in [1.29, 1.82) is 0 Å². The normalized spacial score (nSPS) is 13.0. The van der Waals surface area contributed by atoms with Gasteiger partial charge in [0.25, 0.3) is 0 Å². The first-order valence-corrected chi connectivity index (χ1v) is 7.62. The lowest BCUT2D eigenvalue weighted by Gasteiger charge is -2.06. The van der Waals surface area contributed by atoms with Crippen molar-refractivity contribution in [3.05, 3.63) is 70.3 Å². The topological polar surface area (TPSA) is 27.1 Å². The second-order valence-electron chi connectivity index (χ2n) is 5.09. The van der Waals surface area contributed by atoms with Crippen molar-refractivity contribution in [2.24, 2.45) is 0 Å². The molecule has 0 aliphatic carbocycles. The highest BCUT2D eigenvalue weighted by molar-refractivity contribution is 9.10. The van der Waals surface area contributed by atoms with Gasteiger partial charge in [-0.1, -0.05) is 52.3 Å². The summed E-state index contributed by atoms with van der Waals surface area (Å²) in [6, 6.07) is 18.5. The van der Waals surface area contributed by atoms with E-state index in [9.17, 15) is 0 Å². The Hall–Kier alpha value is -2.07. The molecule has 0 unspecified atom stereocenters. The maximum atomic E-state index is 5.91. The number of halogens is 1. The Morgan fingerprint density at radius 1 is 1.05 bits per heavy atom. The monoisotopic (exact) mass is 340 g/mol. The van der Waals surface area contributed by atoms with Gasteiger partial charge in [-0.15, -0.1) is 0 Å². The predicted octanol–water partition coefficient (Wildman–Crippen LogP) is 4.25. The molecule has 0 bridgehead atoms. The molecule has 0 radical (unpaired) electrons. The third-order valence-corrected chi connectivity index (χ3v) is 4.15. The number of fused-ring (bicyclic) bond motifs is 2. The summed E-state index contributed by atoms with van der Waals surface area (Å²) in [6.07, 6.45) is 0. The molecule has 3 nitrogen and oxygen atoms in total. The molecule has 0 amide bonds. The van der Waals surface area contributed by atoms with Crippen LogP contribution in [0.4, 0.5) is 0 Å². The Morgan fingerprint density at radius 2 is 1.90 bits per heavy atom. The number of nitrogens with zero attached hydrogens (tertiary/aromatic N) is 2. The van der Waals surface area contributed by atoms with E-state index in [2.05, 4.69) is 40.2 Å². The van der Waals surface area contributed by atoms with E-state index in [4.69, 9.17) is 9.84 Å². The van der Waals surface area contributed by atoms with Crippen molar-refractivity contribution in [3.63, 3.8) is 0 Å². The van der Waals surface area contributed by atoms with E-state index in [1.54, 1.807) is 0 Å². The maximum absolute atomic E-state index is 5.91. The molecule has 4 heteroatoms. The summed E-state index contributed by atoms with van der Waals surface area (Å²) in [6.45, 7) is 1.29. The summed E-state index contributed by atoms with van der Waals surface area (Å²) < 4.78 is 8.98. The van der Waals surface area contributed by atoms with Crippen molar-refractivity contribution < 1.29 is 4.74 Å². The van der Waals surface area contributed by atoms with E-state index in [1.165, 1.54) is 0 Å². The van der Waals surface area contributed by atoms with Crippen LogP contribution in [0, 0.1) is 0 Å². The molecular weight excluding hydrogens is 328 g/mol. The number of hydrogen-bond donors (Lipinski definition) is 0. The standard InChI is InChI=1S/C17H13BrN2O/c18-14-7-6-13-10-20-15(11-21-17(13)8-14)9-16(19-20)12-4-2-1-3-5-12/h1-9H,10-11H2. The molecule has 1 aliphatic heterocycles. The second kappa shape index (κ2) is 5.04. The molecule has 0 saturated carbocycles. The van der Waals surface area contributed by atoms with E-state index in [1.807, 2.05) is 35.0 Å². The Morgan fingerprint density at radius 3 is 2.76 bits per heavy atom. The van der Waals surface area contributed by atoms with Crippen LogP contribution in [0.25, 0.3) is 11.3 Å². The number of aromatic nitrogens is 2. The van der Waals surface area contributed by atoms with Crippen LogP contribution in [-0.4, -0.2) is 9.78 Å². The van der Waals surface area contributed by atoms with Crippen LogP contribution in [0.15, 0.2) is 59.1 Å². The van der Waals surface area contributed by atoms with Gasteiger partial charge in [-0.3, -0.25) is 4.68 Å². The van der Waals surface area contributed by atoms with Crippen LogP contribution >= 0.6 is 15.9 Å².